The summed E-state index contributed by atoms with van der Waals surface area (Å²) in [4.78, 5) is 103. The van der Waals surface area contributed by atoms with Gasteiger partial charge in [0.2, 0.25) is 41.4 Å². The van der Waals surface area contributed by atoms with Gasteiger partial charge in [-0.3, -0.25) is 33.6 Å². The minimum atomic E-state index is -1.35. The Morgan fingerprint density at radius 1 is 0.648 bits per heavy atom. The molecule has 0 aliphatic carbocycles. The zero-order valence-corrected chi connectivity index (χ0v) is 31.8. The van der Waals surface area contributed by atoms with E-state index in [9.17, 15) is 43.5 Å². The molecule has 54 heavy (non-hydrogen) atoms. The summed E-state index contributed by atoms with van der Waals surface area (Å²) in [6, 6.07) is 1.59. The number of rotatable bonds is 25. The van der Waals surface area contributed by atoms with Crippen LogP contribution in [-0.4, -0.2) is 102 Å². The van der Waals surface area contributed by atoms with Gasteiger partial charge in [0.1, 0.15) is 36.3 Å². The Hall–Kier alpha value is -5.10. The zero-order valence-electron chi connectivity index (χ0n) is 31.8. The van der Waals surface area contributed by atoms with Crippen LogP contribution in [-0.2, 0) is 44.8 Å². The molecule has 0 bridgehead atoms. The van der Waals surface area contributed by atoms with Gasteiger partial charge in [-0.2, -0.15) is 0 Å². The SMILES string of the molecule is CC(C)C[C@H](NC(=O)[C@H](CCC(N)=O)NC(=O)[C@H](Cc1ccccc1)NC(=O)CN)C(=O)N[C@H](C(=O)N[C@@H](C)C(=O)N[C@@H](CCCCN)C(=O)O)C(C)C. The third kappa shape index (κ3) is 17.6. The number of nitrogens with one attached hydrogen (secondary N) is 6. The van der Waals surface area contributed by atoms with E-state index >= 15 is 0 Å². The summed E-state index contributed by atoms with van der Waals surface area (Å²) >= 11 is 0. The summed E-state index contributed by atoms with van der Waals surface area (Å²) in [5, 5.41) is 24.8. The van der Waals surface area contributed by atoms with Crippen molar-refractivity contribution in [2.75, 3.05) is 13.1 Å². The summed E-state index contributed by atoms with van der Waals surface area (Å²) in [5.74, 6) is -6.95. The lowest BCUT2D eigenvalue weighted by Crippen LogP contribution is -2.60. The molecule has 1 aromatic rings. The van der Waals surface area contributed by atoms with Crippen LogP contribution >= 0.6 is 0 Å². The molecule has 0 spiro atoms. The minimum Gasteiger partial charge on any atom is -0.480 e. The second-order valence-corrected chi connectivity index (χ2v) is 13.9. The fourth-order valence-corrected chi connectivity index (χ4v) is 5.32. The monoisotopic (exact) mass is 761 g/mol. The van der Waals surface area contributed by atoms with Crippen LogP contribution in [0.25, 0.3) is 0 Å². The van der Waals surface area contributed by atoms with E-state index in [0.29, 0.717) is 24.9 Å². The molecular formula is C36H59N9O9. The van der Waals surface area contributed by atoms with E-state index in [0.717, 1.165) is 0 Å². The summed E-state index contributed by atoms with van der Waals surface area (Å²) in [7, 11) is 0. The van der Waals surface area contributed by atoms with E-state index in [1.165, 1.54) is 6.92 Å². The Morgan fingerprint density at radius 2 is 1.22 bits per heavy atom. The molecule has 0 radical (unpaired) electrons. The first-order valence-electron chi connectivity index (χ1n) is 18.2. The van der Waals surface area contributed by atoms with Gasteiger partial charge in [0, 0.05) is 12.8 Å². The molecule has 0 aliphatic heterocycles. The third-order valence-corrected chi connectivity index (χ3v) is 8.33. The normalized spacial score (nSPS) is 14.4. The fourth-order valence-electron chi connectivity index (χ4n) is 5.32. The maximum absolute atomic E-state index is 13.7. The summed E-state index contributed by atoms with van der Waals surface area (Å²) in [6.07, 6.45) is 0.867. The van der Waals surface area contributed by atoms with Crippen LogP contribution in [0, 0.1) is 11.8 Å². The smallest absolute Gasteiger partial charge is 0.326 e. The summed E-state index contributed by atoms with van der Waals surface area (Å²) < 4.78 is 0. The highest BCUT2D eigenvalue weighted by molar-refractivity contribution is 5.97. The first-order chi connectivity index (χ1) is 25.4. The molecule has 0 unspecified atom stereocenters. The molecule has 0 saturated heterocycles. The minimum absolute atomic E-state index is 0.0643. The molecule has 1 rings (SSSR count). The number of hydrogen-bond donors (Lipinski definition) is 10. The van der Waals surface area contributed by atoms with Crippen molar-refractivity contribution in [3.63, 3.8) is 0 Å². The molecule has 0 aromatic heterocycles. The average Bonchev–Trinajstić information content (AvgIpc) is 3.10. The van der Waals surface area contributed by atoms with Gasteiger partial charge in [0.05, 0.1) is 6.54 Å². The molecule has 18 nitrogen and oxygen atoms in total. The zero-order chi connectivity index (χ0) is 41.0. The van der Waals surface area contributed by atoms with Gasteiger partial charge in [0.25, 0.3) is 0 Å². The van der Waals surface area contributed by atoms with Crippen LogP contribution in [0.5, 0.6) is 0 Å². The van der Waals surface area contributed by atoms with Crippen molar-refractivity contribution in [1.82, 2.24) is 31.9 Å². The number of carboxylic acid groups (broad SMARTS) is 1. The molecule has 6 atom stereocenters. The van der Waals surface area contributed by atoms with Crippen molar-refractivity contribution in [2.45, 2.75) is 116 Å². The van der Waals surface area contributed by atoms with Gasteiger partial charge >= 0.3 is 5.97 Å². The third-order valence-electron chi connectivity index (χ3n) is 8.33. The molecule has 302 valence electrons. The van der Waals surface area contributed by atoms with E-state index in [-0.39, 0.29) is 38.0 Å². The average molecular weight is 762 g/mol. The predicted octanol–water partition coefficient (Wildman–Crippen LogP) is -1.70. The van der Waals surface area contributed by atoms with Crippen LogP contribution in [0.3, 0.4) is 0 Å². The van der Waals surface area contributed by atoms with Crippen molar-refractivity contribution >= 4 is 47.3 Å². The maximum Gasteiger partial charge on any atom is 0.326 e. The molecule has 13 N–H and O–H groups in total. The Bertz CT molecular complexity index is 1430. The van der Waals surface area contributed by atoms with Crippen molar-refractivity contribution < 1.29 is 43.5 Å². The highest BCUT2D eigenvalue weighted by Gasteiger charge is 2.34. The molecule has 0 saturated carbocycles. The Balaban J connectivity index is 3.18. The van der Waals surface area contributed by atoms with E-state index in [1.54, 1.807) is 58.0 Å². The number of benzene rings is 1. The predicted molar refractivity (Wildman–Crippen MR) is 200 cm³/mol. The van der Waals surface area contributed by atoms with Crippen molar-refractivity contribution in [1.29, 1.82) is 0 Å². The topological polar surface area (TPSA) is 307 Å². The summed E-state index contributed by atoms with van der Waals surface area (Å²) in [6.45, 7) is 8.29. The van der Waals surface area contributed by atoms with E-state index < -0.39 is 96.0 Å². The molecule has 0 fully saturated rings. The van der Waals surface area contributed by atoms with E-state index in [4.69, 9.17) is 17.2 Å². The number of nitrogens with two attached hydrogens (primary N) is 3. The lowest BCUT2D eigenvalue weighted by molar-refractivity contribution is -0.142. The van der Waals surface area contributed by atoms with Gasteiger partial charge in [-0.1, -0.05) is 58.0 Å². The molecule has 18 heteroatoms. The number of primary amides is 1. The Labute approximate surface area is 316 Å². The van der Waals surface area contributed by atoms with Crippen LogP contribution in [0.2, 0.25) is 0 Å². The Kier molecular flexibility index (Phi) is 21.1. The Morgan fingerprint density at radius 3 is 1.76 bits per heavy atom. The molecule has 7 amide bonds. The van der Waals surface area contributed by atoms with Crippen LogP contribution in [0.1, 0.15) is 78.7 Å². The first kappa shape index (κ1) is 46.9. The first-order valence-corrected chi connectivity index (χ1v) is 18.2. The lowest BCUT2D eigenvalue weighted by atomic mass is 9.99. The number of carboxylic acids is 1. The highest BCUT2D eigenvalue weighted by Crippen LogP contribution is 2.11. The molecule has 0 heterocycles. The largest absolute Gasteiger partial charge is 0.480 e. The second-order valence-electron chi connectivity index (χ2n) is 13.9. The number of aliphatic carboxylic acids is 1. The standard InChI is InChI=1S/C36H59N9O9/c1-20(2)17-26(34(51)45-30(21(3)4)35(52)40-22(5)31(48)43-25(36(53)54)13-9-10-16-37)44-32(49)24(14-15-28(39)46)42-33(50)27(41-29(47)19-38)18-23-11-7-6-8-12-23/h6-8,11-12,20-22,24-27,30H,9-10,13-19,37-38H2,1-5H3,(H2,39,46)(H,40,52)(H,41,47)(H,42,50)(H,43,48)(H,44,49)(H,45,51)(H,53,54)/t22-,24-,25-,26-,27-,30-/m0/s1. The number of amides is 7. The van der Waals surface area contributed by atoms with Crippen LogP contribution in [0.4, 0.5) is 0 Å². The quantitative estimate of drug-likeness (QED) is 0.0501. The number of carbonyl (C=O) groups excluding carboxylic acids is 7. The fraction of sp³-hybridized carbons (Fsp3) is 0.611. The van der Waals surface area contributed by atoms with Crippen LogP contribution < -0.4 is 49.1 Å². The van der Waals surface area contributed by atoms with Gasteiger partial charge in [-0.25, -0.2) is 4.79 Å². The lowest BCUT2D eigenvalue weighted by Gasteiger charge is -2.29. The van der Waals surface area contributed by atoms with Crippen LogP contribution in [0.15, 0.2) is 30.3 Å². The van der Waals surface area contributed by atoms with Crippen molar-refractivity contribution in [3.8, 4) is 0 Å². The number of unbranched alkanes of at least 4 members (excludes halogenated alkanes) is 1. The van der Waals surface area contributed by atoms with Gasteiger partial charge in [-0.15, -0.1) is 0 Å². The molecular weight excluding hydrogens is 702 g/mol. The van der Waals surface area contributed by atoms with Crippen molar-refractivity contribution in [2.24, 2.45) is 29.0 Å². The van der Waals surface area contributed by atoms with Crippen molar-refractivity contribution in [3.05, 3.63) is 35.9 Å². The second kappa shape index (κ2) is 24.3. The maximum atomic E-state index is 13.7. The number of carbonyl (C=O) groups is 8. The summed E-state index contributed by atoms with van der Waals surface area (Å²) in [5.41, 5.74) is 17.0. The van der Waals surface area contributed by atoms with Gasteiger partial charge in [0.15, 0.2) is 0 Å². The molecule has 0 aliphatic rings. The van der Waals surface area contributed by atoms with Gasteiger partial charge < -0.3 is 54.2 Å². The van der Waals surface area contributed by atoms with Gasteiger partial charge in [-0.05, 0) is 63.0 Å². The highest BCUT2D eigenvalue weighted by atomic mass is 16.4. The van der Waals surface area contributed by atoms with E-state index in [1.807, 2.05) is 0 Å². The van der Waals surface area contributed by atoms with E-state index in [2.05, 4.69) is 31.9 Å². The number of hydrogen-bond acceptors (Lipinski definition) is 10. The molecule has 1 aromatic carbocycles.